The normalized spacial score (nSPS) is 23.8. The second-order valence-electron chi connectivity index (χ2n) is 3.32. The molecular weight excluding hydrogens is 162 g/mol. The summed E-state index contributed by atoms with van der Waals surface area (Å²) >= 11 is 0. The molecule has 1 fully saturated rings. The van der Waals surface area contributed by atoms with Crippen molar-refractivity contribution in [1.29, 1.82) is 0 Å². The summed E-state index contributed by atoms with van der Waals surface area (Å²) in [5, 5.41) is 3.38. The zero-order valence-electron chi connectivity index (χ0n) is 7.70. The molecule has 1 aliphatic rings. The third kappa shape index (κ3) is 2.29. The number of benzene rings is 1. The zero-order valence-corrected chi connectivity index (χ0v) is 7.70. The van der Waals surface area contributed by atoms with E-state index in [4.69, 9.17) is 4.74 Å². The lowest BCUT2D eigenvalue weighted by molar-refractivity contribution is 0.0422. The third-order valence-corrected chi connectivity index (χ3v) is 2.29. The molecule has 0 radical (unpaired) electrons. The Hall–Kier alpha value is -0.860. The van der Waals surface area contributed by atoms with Crippen LogP contribution in [0, 0.1) is 0 Å². The highest BCUT2D eigenvalue weighted by Crippen LogP contribution is 2.16. The van der Waals surface area contributed by atoms with E-state index in [1.165, 1.54) is 12.0 Å². The Morgan fingerprint density at radius 2 is 2.00 bits per heavy atom. The molecule has 1 aromatic rings. The molecule has 1 saturated heterocycles. The number of ether oxygens (including phenoxy) is 1. The van der Waals surface area contributed by atoms with Crippen LogP contribution in [0.4, 0.5) is 0 Å². The minimum Gasteiger partial charge on any atom is -0.359 e. The Bertz CT molecular complexity index is 240. The van der Waals surface area contributed by atoms with Gasteiger partial charge in [-0.1, -0.05) is 30.3 Å². The smallest absolute Gasteiger partial charge is 0.134 e. The van der Waals surface area contributed by atoms with Crippen molar-refractivity contribution in [3.05, 3.63) is 35.9 Å². The fourth-order valence-electron chi connectivity index (χ4n) is 1.56. The Morgan fingerprint density at radius 1 is 1.15 bits per heavy atom. The standard InChI is InChI=1S/C11H15NO/c1-2-6-10(7-3-1)11-12-8-4-5-9-13-11/h1-3,6-7,11-12H,4-5,8-9H2. The molecular formula is C11H15NO. The van der Waals surface area contributed by atoms with Gasteiger partial charge in [-0.25, -0.2) is 0 Å². The van der Waals surface area contributed by atoms with Gasteiger partial charge in [-0.05, 0) is 24.9 Å². The maximum absolute atomic E-state index is 5.68. The van der Waals surface area contributed by atoms with Crippen LogP contribution in [0.5, 0.6) is 0 Å². The van der Waals surface area contributed by atoms with Crippen LogP contribution in [-0.2, 0) is 4.74 Å². The van der Waals surface area contributed by atoms with Crippen LogP contribution < -0.4 is 5.32 Å². The van der Waals surface area contributed by atoms with E-state index in [0.717, 1.165) is 19.6 Å². The molecule has 0 aromatic heterocycles. The summed E-state index contributed by atoms with van der Waals surface area (Å²) in [6, 6.07) is 10.3. The van der Waals surface area contributed by atoms with Gasteiger partial charge in [0, 0.05) is 6.61 Å². The van der Waals surface area contributed by atoms with Gasteiger partial charge < -0.3 is 4.74 Å². The molecule has 2 nitrogen and oxygen atoms in total. The molecule has 1 N–H and O–H groups in total. The molecule has 1 unspecified atom stereocenters. The molecule has 0 saturated carbocycles. The van der Waals surface area contributed by atoms with Crippen molar-refractivity contribution >= 4 is 0 Å². The molecule has 0 bridgehead atoms. The van der Waals surface area contributed by atoms with Crippen LogP contribution >= 0.6 is 0 Å². The first-order valence-corrected chi connectivity index (χ1v) is 4.87. The van der Waals surface area contributed by atoms with Crippen LogP contribution in [0.25, 0.3) is 0 Å². The van der Waals surface area contributed by atoms with Gasteiger partial charge in [-0.3, -0.25) is 5.32 Å². The lowest BCUT2D eigenvalue weighted by Gasteiger charge is -2.16. The molecule has 1 aromatic carbocycles. The summed E-state index contributed by atoms with van der Waals surface area (Å²) in [7, 11) is 0. The Kier molecular flexibility index (Phi) is 2.95. The topological polar surface area (TPSA) is 21.3 Å². The maximum atomic E-state index is 5.68. The molecule has 2 heteroatoms. The molecule has 0 spiro atoms. The highest BCUT2D eigenvalue weighted by Gasteiger charge is 2.12. The molecule has 1 atom stereocenters. The minimum atomic E-state index is 0.101. The van der Waals surface area contributed by atoms with E-state index >= 15 is 0 Å². The molecule has 1 heterocycles. The fraction of sp³-hybridized carbons (Fsp3) is 0.455. The highest BCUT2D eigenvalue weighted by atomic mass is 16.5. The molecule has 0 aliphatic carbocycles. The fourth-order valence-corrected chi connectivity index (χ4v) is 1.56. The predicted molar refractivity (Wildman–Crippen MR) is 52.4 cm³/mol. The Morgan fingerprint density at radius 3 is 2.85 bits per heavy atom. The average molecular weight is 177 g/mol. The van der Waals surface area contributed by atoms with Crippen molar-refractivity contribution in [2.75, 3.05) is 13.2 Å². The first-order valence-electron chi connectivity index (χ1n) is 4.87. The number of hydrogen-bond acceptors (Lipinski definition) is 2. The number of hydrogen-bond donors (Lipinski definition) is 1. The van der Waals surface area contributed by atoms with Gasteiger partial charge >= 0.3 is 0 Å². The highest BCUT2D eigenvalue weighted by molar-refractivity contribution is 5.17. The van der Waals surface area contributed by atoms with Crippen molar-refractivity contribution in [3.8, 4) is 0 Å². The van der Waals surface area contributed by atoms with E-state index in [-0.39, 0.29) is 6.23 Å². The molecule has 13 heavy (non-hydrogen) atoms. The second kappa shape index (κ2) is 4.40. The van der Waals surface area contributed by atoms with Crippen molar-refractivity contribution in [1.82, 2.24) is 5.32 Å². The largest absolute Gasteiger partial charge is 0.359 e. The average Bonchev–Trinajstić information content (AvgIpc) is 2.47. The number of rotatable bonds is 1. The van der Waals surface area contributed by atoms with Crippen LogP contribution in [0.15, 0.2) is 30.3 Å². The lowest BCUT2D eigenvalue weighted by Crippen LogP contribution is -2.22. The van der Waals surface area contributed by atoms with Gasteiger partial charge in [0.15, 0.2) is 0 Å². The zero-order chi connectivity index (χ0) is 8.93. The second-order valence-corrected chi connectivity index (χ2v) is 3.32. The summed E-state index contributed by atoms with van der Waals surface area (Å²) in [6.07, 6.45) is 2.48. The van der Waals surface area contributed by atoms with Gasteiger partial charge in [0.1, 0.15) is 6.23 Å². The van der Waals surface area contributed by atoms with Gasteiger partial charge in [-0.15, -0.1) is 0 Å². The molecule has 0 amide bonds. The van der Waals surface area contributed by atoms with Crippen LogP contribution in [-0.4, -0.2) is 13.2 Å². The first-order chi connectivity index (χ1) is 6.47. The molecule has 1 aliphatic heterocycles. The van der Waals surface area contributed by atoms with Gasteiger partial charge in [0.05, 0.1) is 0 Å². The van der Waals surface area contributed by atoms with E-state index in [9.17, 15) is 0 Å². The van der Waals surface area contributed by atoms with Crippen LogP contribution in [0.3, 0.4) is 0 Å². The monoisotopic (exact) mass is 177 g/mol. The third-order valence-electron chi connectivity index (χ3n) is 2.29. The van der Waals surface area contributed by atoms with Crippen molar-refractivity contribution < 1.29 is 4.74 Å². The predicted octanol–water partition coefficient (Wildman–Crippen LogP) is 2.09. The van der Waals surface area contributed by atoms with E-state index in [2.05, 4.69) is 17.4 Å². The summed E-state index contributed by atoms with van der Waals surface area (Å²) in [5.74, 6) is 0. The Labute approximate surface area is 78.9 Å². The van der Waals surface area contributed by atoms with Crippen molar-refractivity contribution in [3.63, 3.8) is 0 Å². The summed E-state index contributed by atoms with van der Waals surface area (Å²) in [5.41, 5.74) is 1.23. The SMILES string of the molecule is c1ccc(C2NCCCCO2)cc1. The molecule has 2 rings (SSSR count). The summed E-state index contributed by atoms with van der Waals surface area (Å²) in [4.78, 5) is 0. The van der Waals surface area contributed by atoms with Crippen LogP contribution in [0.1, 0.15) is 24.6 Å². The van der Waals surface area contributed by atoms with E-state index < -0.39 is 0 Å². The van der Waals surface area contributed by atoms with E-state index in [0.29, 0.717) is 0 Å². The summed E-state index contributed by atoms with van der Waals surface area (Å²) < 4.78 is 5.68. The quantitative estimate of drug-likeness (QED) is 0.709. The minimum absolute atomic E-state index is 0.101. The summed E-state index contributed by atoms with van der Waals surface area (Å²) in [6.45, 7) is 1.92. The van der Waals surface area contributed by atoms with E-state index in [1.54, 1.807) is 0 Å². The molecule has 70 valence electrons. The van der Waals surface area contributed by atoms with Crippen LogP contribution in [0.2, 0.25) is 0 Å². The first kappa shape index (κ1) is 8.73. The number of nitrogens with one attached hydrogen (secondary N) is 1. The van der Waals surface area contributed by atoms with Gasteiger partial charge in [0.2, 0.25) is 0 Å². The Balaban J connectivity index is 2.06. The lowest BCUT2D eigenvalue weighted by atomic mass is 10.2. The van der Waals surface area contributed by atoms with Crippen molar-refractivity contribution in [2.45, 2.75) is 19.1 Å². The van der Waals surface area contributed by atoms with Gasteiger partial charge in [0.25, 0.3) is 0 Å². The van der Waals surface area contributed by atoms with Crippen molar-refractivity contribution in [2.24, 2.45) is 0 Å². The van der Waals surface area contributed by atoms with Gasteiger partial charge in [-0.2, -0.15) is 0 Å². The maximum Gasteiger partial charge on any atom is 0.134 e. The van der Waals surface area contributed by atoms with E-state index in [1.807, 2.05) is 18.2 Å².